The highest BCUT2D eigenvalue weighted by atomic mass is 32.2. The average Bonchev–Trinajstić information content (AvgIpc) is 2.26. The Morgan fingerprint density at radius 2 is 2.06 bits per heavy atom. The number of hydrogen-bond donors (Lipinski definition) is 1. The Kier molecular flexibility index (Phi) is 5.31. The van der Waals surface area contributed by atoms with Crippen LogP contribution < -0.4 is 5.73 Å². The van der Waals surface area contributed by atoms with Crippen LogP contribution in [-0.2, 0) is 9.84 Å². The molecule has 0 radical (unpaired) electrons. The first-order chi connectivity index (χ1) is 8.33. The zero-order valence-corrected chi connectivity index (χ0v) is 12.1. The first-order valence-electron chi connectivity index (χ1n) is 5.98. The Hall–Kier alpha value is -0.910. The largest absolute Gasteiger partial charge is 0.329 e. The molecule has 0 bridgehead atoms. The fraction of sp³-hybridized carbons (Fsp3) is 0.538. The fourth-order valence-electron chi connectivity index (χ4n) is 1.91. The Balaban J connectivity index is 2.77. The summed E-state index contributed by atoms with van der Waals surface area (Å²) in [4.78, 5) is 2.00. The lowest BCUT2D eigenvalue weighted by Gasteiger charge is -2.27. The van der Waals surface area contributed by atoms with E-state index in [1.165, 1.54) is 11.8 Å². The van der Waals surface area contributed by atoms with Crippen molar-refractivity contribution in [3.05, 3.63) is 35.4 Å². The van der Waals surface area contributed by atoms with Crippen LogP contribution in [0.2, 0.25) is 0 Å². The highest BCUT2D eigenvalue weighted by molar-refractivity contribution is 7.90. The van der Waals surface area contributed by atoms with Crippen LogP contribution in [0.25, 0.3) is 0 Å². The third kappa shape index (κ3) is 4.76. The normalized spacial score (nSPS) is 13.8. The van der Waals surface area contributed by atoms with Crippen molar-refractivity contribution in [2.45, 2.75) is 13.0 Å². The molecule has 102 valence electrons. The van der Waals surface area contributed by atoms with Crippen LogP contribution in [-0.4, -0.2) is 45.5 Å². The van der Waals surface area contributed by atoms with Gasteiger partial charge in [0.05, 0.1) is 5.75 Å². The molecule has 0 aliphatic rings. The zero-order valence-electron chi connectivity index (χ0n) is 11.3. The number of sulfone groups is 1. The van der Waals surface area contributed by atoms with Gasteiger partial charge in [0.2, 0.25) is 0 Å². The van der Waals surface area contributed by atoms with E-state index in [0.29, 0.717) is 13.1 Å². The maximum atomic E-state index is 11.2. The number of likely N-dealkylation sites (N-methyl/N-ethyl adjacent to an activating group) is 1. The molecule has 0 aromatic heterocycles. The molecule has 5 heteroatoms. The molecule has 18 heavy (non-hydrogen) atoms. The molecule has 1 unspecified atom stereocenters. The van der Waals surface area contributed by atoms with Crippen molar-refractivity contribution >= 4 is 9.84 Å². The third-order valence-electron chi connectivity index (χ3n) is 3.00. The Morgan fingerprint density at radius 3 is 2.56 bits per heavy atom. The third-order valence-corrected chi connectivity index (χ3v) is 3.92. The van der Waals surface area contributed by atoms with Crippen molar-refractivity contribution in [1.82, 2.24) is 4.90 Å². The highest BCUT2D eigenvalue weighted by Gasteiger charge is 2.16. The van der Waals surface area contributed by atoms with E-state index >= 15 is 0 Å². The second-order valence-corrected chi connectivity index (χ2v) is 7.04. The fourth-order valence-corrected chi connectivity index (χ4v) is 2.53. The summed E-state index contributed by atoms with van der Waals surface area (Å²) in [7, 11) is -1.03. The number of rotatable bonds is 6. The molecule has 1 aromatic carbocycles. The molecule has 1 aromatic rings. The summed E-state index contributed by atoms with van der Waals surface area (Å²) in [5, 5.41) is 0. The second-order valence-electron chi connectivity index (χ2n) is 4.78. The summed E-state index contributed by atoms with van der Waals surface area (Å²) in [5.41, 5.74) is 8.12. The van der Waals surface area contributed by atoms with Crippen LogP contribution in [0.5, 0.6) is 0 Å². The summed E-state index contributed by atoms with van der Waals surface area (Å²) in [6, 6.07) is 8.22. The van der Waals surface area contributed by atoms with E-state index in [0.717, 1.165) is 5.56 Å². The number of nitrogens with two attached hydrogens (primary N) is 1. The minimum Gasteiger partial charge on any atom is -0.329 e. The molecule has 0 saturated carbocycles. The maximum Gasteiger partial charge on any atom is 0.148 e. The monoisotopic (exact) mass is 270 g/mol. The van der Waals surface area contributed by atoms with Gasteiger partial charge in [-0.05, 0) is 19.5 Å². The van der Waals surface area contributed by atoms with E-state index < -0.39 is 9.84 Å². The second kappa shape index (κ2) is 6.31. The van der Waals surface area contributed by atoms with E-state index in [-0.39, 0.29) is 11.8 Å². The van der Waals surface area contributed by atoms with Crippen LogP contribution in [0, 0.1) is 6.92 Å². The van der Waals surface area contributed by atoms with Crippen LogP contribution in [0.1, 0.15) is 17.2 Å². The molecule has 1 rings (SSSR count). The molecular formula is C13H22N2O2S. The Bertz CT molecular complexity index is 486. The van der Waals surface area contributed by atoms with Crippen LogP contribution >= 0.6 is 0 Å². The molecule has 0 aliphatic heterocycles. The predicted molar refractivity (Wildman–Crippen MR) is 75.3 cm³/mol. The van der Waals surface area contributed by atoms with Gasteiger partial charge in [-0.1, -0.05) is 29.8 Å². The SMILES string of the molecule is Cc1cccc(C(CN)N(C)CCS(C)(=O)=O)c1. The van der Waals surface area contributed by atoms with Gasteiger partial charge < -0.3 is 5.73 Å². The summed E-state index contributed by atoms with van der Waals surface area (Å²) in [6.07, 6.45) is 1.25. The van der Waals surface area contributed by atoms with E-state index in [1.54, 1.807) is 0 Å². The van der Waals surface area contributed by atoms with Gasteiger partial charge in [0.25, 0.3) is 0 Å². The molecule has 0 fully saturated rings. The van der Waals surface area contributed by atoms with Gasteiger partial charge in [0.1, 0.15) is 9.84 Å². The summed E-state index contributed by atoms with van der Waals surface area (Å²) in [6.45, 7) is 3.01. The minimum absolute atomic E-state index is 0.0617. The Morgan fingerprint density at radius 1 is 1.39 bits per heavy atom. The van der Waals surface area contributed by atoms with Gasteiger partial charge in [0, 0.05) is 25.4 Å². The van der Waals surface area contributed by atoms with Crippen LogP contribution in [0.3, 0.4) is 0 Å². The average molecular weight is 270 g/mol. The van der Waals surface area contributed by atoms with Crippen molar-refractivity contribution in [1.29, 1.82) is 0 Å². The van der Waals surface area contributed by atoms with Gasteiger partial charge in [-0.25, -0.2) is 8.42 Å². The number of aryl methyl sites for hydroxylation is 1. The van der Waals surface area contributed by atoms with Gasteiger partial charge in [-0.15, -0.1) is 0 Å². The van der Waals surface area contributed by atoms with Gasteiger partial charge in [-0.3, -0.25) is 4.90 Å². The van der Waals surface area contributed by atoms with Crippen molar-refractivity contribution < 1.29 is 8.42 Å². The Labute approximate surface area is 110 Å². The van der Waals surface area contributed by atoms with E-state index in [9.17, 15) is 8.42 Å². The minimum atomic E-state index is -2.93. The van der Waals surface area contributed by atoms with Crippen molar-refractivity contribution in [3.8, 4) is 0 Å². The lowest BCUT2D eigenvalue weighted by atomic mass is 10.0. The smallest absolute Gasteiger partial charge is 0.148 e. The molecular weight excluding hydrogens is 248 g/mol. The van der Waals surface area contributed by atoms with E-state index in [2.05, 4.69) is 6.07 Å². The molecule has 0 spiro atoms. The number of nitrogens with zero attached hydrogens (tertiary/aromatic N) is 1. The first-order valence-corrected chi connectivity index (χ1v) is 8.04. The predicted octanol–water partition coefficient (Wildman–Crippen LogP) is 0.971. The topological polar surface area (TPSA) is 63.4 Å². The van der Waals surface area contributed by atoms with Crippen molar-refractivity contribution in [2.75, 3.05) is 32.1 Å². The molecule has 4 nitrogen and oxygen atoms in total. The summed E-state index contributed by atoms with van der Waals surface area (Å²) in [5.74, 6) is 0.159. The van der Waals surface area contributed by atoms with Crippen molar-refractivity contribution in [2.24, 2.45) is 5.73 Å². The number of benzene rings is 1. The lowest BCUT2D eigenvalue weighted by Crippen LogP contribution is -2.34. The summed E-state index contributed by atoms with van der Waals surface area (Å²) >= 11 is 0. The molecule has 1 atom stereocenters. The van der Waals surface area contributed by atoms with Crippen LogP contribution in [0.4, 0.5) is 0 Å². The quantitative estimate of drug-likeness (QED) is 0.836. The molecule has 0 amide bonds. The maximum absolute atomic E-state index is 11.2. The molecule has 0 saturated heterocycles. The van der Waals surface area contributed by atoms with Crippen LogP contribution in [0.15, 0.2) is 24.3 Å². The standard InChI is InChI=1S/C13H22N2O2S/c1-11-5-4-6-12(9-11)13(10-14)15(2)7-8-18(3,16)17/h4-6,9,13H,7-8,10,14H2,1-3H3. The highest BCUT2D eigenvalue weighted by Crippen LogP contribution is 2.19. The first kappa shape index (κ1) is 15.1. The molecule has 0 aliphatic carbocycles. The lowest BCUT2D eigenvalue weighted by molar-refractivity contribution is 0.264. The zero-order chi connectivity index (χ0) is 13.8. The van der Waals surface area contributed by atoms with E-state index in [4.69, 9.17) is 5.73 Å². The number of hydrogen-bond acceptors (Lipinski definition) is 4. The van der Waals surface area contributed by atoms with E-state index in [1.807, 2.05) is 37.1 Å². The summed E-state index contributed by atoms with van der Waals surface area (Å²) < 4.78 is 22.4. The molecule has 0 heterocycles. The van der Waals surface area contributed by atoms with Gasteiger partial charge in [-0.2, -0.15) is 0 Å². The van der Waals surface area contributed by atoms with Gasteiger partial charge >= 0.3 is 0 Å². The molecule has 2 N–H and O–H groups in total. The van der Waals surface area contributed by atoms with Crippen molar-refractivity contribution in [3.63, 3.8) is 0 Å². The van der Waals surface area contributed by atoms with Gasteiger partial charge in [0.15, 0.2) is 0 Å².